The van der Waals surface area contributed by atoms with Crippen LogP contribution in [0.15, 0.2) is 0 Å². The van der Waals surface area contributed by atoms with E-state index in [9.17, 15) is 39.0 Å². The number of carboxylic acids is 2. The number of hydrogen-bond donors (Lipinski definition) is 8. The summed E-state index contributed by atoms with van der Waals surface area (Å²) in [6, 6.07) is -5.41. The molecule has 5 atom stereocenters. The predicted molar refractivity (Wildman–Crippen MR) is 118 cm³/mol. The molecule has 34 heavy (non-hydrogen) atoms. The van der Waals surface area contributed by atoms with Crippen molar-refractivity contribution in [3.05, 3.63) is 0 Å². The Morgan fingerprint density at radius 1 is 0.794 bits per heavy atom. The Kier molecular flexibility index (Phi) is 13.4. The van der Waals surface area contributed by atoms with Gasteiger partial charge in [-0.2, -0.15) is 0 Å². The fourth-order valence-corrected chi connectivity index (χ4v) is 2.86. The second kappa shape index (κ2) is 14.8. The molecule has 14 nitrogen and oxygen atoms in total. The van der Waals surface area contributed by atoms with E-state index in [4.69, 9.17) is 16.6 Å². The summed E-state index contributed by atoms with van der Waals surface area (Å²) in [7, 11) is 0. The zero-order chi connectivity index (χ0) is 26.6. The molecule has 0 saturated heterocycles. The smallest absolute Gasteiger partial charge is 0.326 e. The van der Waals surface area contributed by atoms with Gasteiger partial charge >= 0.3 is 11.9 Å². The van der Waals surface area contributed by atoms with Crippen LogP contribution in [-0.4, -0.2) is 81.2 Å². The van der Waals surface area contributed by atoms with Gasteiger partial charge in [0.1, 0.15) is 18.1 Å². The second-order valence-corrected chi connectivity index (χ2v) is 8.36. The molecule has 194 valence electrons. The lowest BCUT2D eigenvalue weighted by Crippen LogP contribution is -2.60. The minimum absolute atomic E-state index is 0.0877. The van der Waals surface area contributed by atoms with Crippen LogP contribution >= 0.6 is 0 Å². The van der Waals surface area contributed by atoms with Crippen molar-refractivity contribution in [2.45, 2.75) is 83.1 Å². The van der Waals surface area contributed by atoms with E-state index in [2.05, 4.69) is 16.0 Å². The topological polar surface area (TPSA) is 251 Å². The number of aliphatic hydroxyl groups excluding tert-OH is 1. The highest BCUT2D eigenvalue weighted by atomic mass is 16.4. The first-order valence-corrected chi connectivity index (χ1v) is 10.7. The number of primary amides is 1. The van der Waals surface area contributed by atoms with Gasteiger partial charge in [-0.25, -0.2) is 4.79 Å². The molecule has 0 saturated carbocycles. The summed E-state index contributed by atoms with van der Waals surface area (Å²) in [4.78, 5) is 70.7. The molecule has 0 heterocycles. The Balaban J connectivity index is 5.40. The fraction of sp³-hybridized carbons (Fsp3) is 0.700. The van der Waals surface area contributed by atoms with Crippen LogP contribution in [0.3, 0.4) is 0 Å². The molecule has 0 aromatic rings. The first-order chi connectivity index (χ1) is 15.6. The van der Waals surface area contributed by atoms with Gasteiger partial charge in [-0.1, -0.05) is 13.8 Å². The number of nitrogens with two attached hydrogens (primary N) is 2. The summed E-state index contributed by atoms with van der Waals surface area (Å²) in [5.41, 5.74) is 10.7. The Labute approximate surface area is 196 Å². The molecule has 0 bridgehead atoms. The Morgan fingerprint density at radius 3 is 1.79 bits per heavy atom. The zero-order valence-electron chi connectivity index (χ0n) is 19.4. The Hall–Kier alpha value is -3.26. The molecular weight excluding hydrogens is 454 g/mol. The van der Waals surface area contributed by atoms with Crippen molar-refractivity contribution in [3.8, 4) is 0 Å². The summed E-state index contributed by atoms with van der Waals surface area (Å²) < 4.78 is 0. The molecule has 10 N–H and O–H groups in total. The van der Waals surface area contributed by atoms with Gasteiger partial charge in [-0.15, -0.1) is 0 Å². The summed E-state index contributed by atoms with van der Waals surface area (Å²) >= 11 is 0. The molecule has 0 radical (unpaired) electrons. The van der Waals surface area contributed by atoms with Crippen LogP contribution < -0.4 is 27.4 Å². The van der Waals surface area contributed by atoms with Crippen LogP contribution in [0.25, 0.3) is 0 Å². The van der Waals surface area contributed by atoms with E-state index in [1.165, 1.54) is 6.92 Å². The third-order valence-corrected chi connectivity index (χ3v) is 4.70. The number of nitrogens with one attached hydrogen (secondary N) is 3. The second-order valence-electron chi connectivity index (χ2n) is 8.36. The predicted octanol–water partition coefficient (Wildman–Crippen LogP) is -2.59. The van der Waals surface area contributed by atoms with Gasteiger partial charge < -0.3 is 42.7 Å². The molecule has 14 heteroatoms. The number of carbonyl (C=O) groups excluding carboxylic acids is 4. The molecule has 0 aromatic carbocycles. The lowest BCUT2D eigenvalue weighted by molar-refractivity contribution is -0.143. The van der Waals surface area contributed by atoms with Crippen LogP contribution in [0.4, 0.5) is 0 Å². The normalized spacial score (nSPS) is 15.4. The molecular formula is C20H35N5O9. The van der Waals surface area contributed by atoms with E-state index in [-0.39, 0.29) is 38.0 Å². The molecule has 0 aliphatic heterocycles. The average molecular weight is 490 g/mol. The maximum absolute atomic E-state index is 12.8. The fourth-order valence-electron chi connectivity index (χ4n) is 2.86. The van der Waals surface area contributed by atoms with E-state index in [0.29, 0.717) is 0 Å². The number of aliphatic hydroxyl groups is 1. The molecule has 5 unspecified atom stereocenters. The first kappa shape index (κ1) is 30.7. The maximum Gasteiger partial charge on any atom is 0.326 e. The van der Waals surface area contributed by atoms with E-state index in [0.717, 1.165) is 0 Å². The van der Waals surface area contributed by atoms with E-state index >= 15 is 0 Å². The number of amides is 4. The number of hydrogen-bond acceptors (Lipinski definition) is 8. The number of carbonyl (C=O) groups is 6. The van der Waals surface area contributed by atoms with Crippen LogP contribution in [0, 0.1) is 5.92 Å². The number of carboxylic acid groups (broad SMARTS) is 2. The molecule has 0 aliphatic carbocycles. The molecule has 0 aromatic heterocycles. The molecule has 0 rings (SSSR count). The average Bonchev–Trinajstić information content (AvgIpc) is 2.71. The SMILES string of the molecule is CC(C)CC(NC(=O)C(N)CCC(=O)O)C(=O)NC(C(=O)NC(CCC(N)=O)C(=O)O)C(C)O. The highest BCUT2D eigenvalue weighted by Crippen LogP contribution is 2.08. The monoisotopic (exact) mass is 489 g/mol. The highest BCUT2D eigenvalue weighted by molar-refractivity contribution is 5.94. The van der Waals surface area contributed by atoms with E-state index in [1.807, 2.05) is 0 Å². The lowest BCUT2D eigenvalue weighted by atomic mass is 10.0. The number of rotatable bonds is 16. The van der Waals surface area contributed by atoms with E-state index in [1.54, 1.807) is 13.8 Å². The van der Waals surface area contributed by atoms with Gasteiger partial charge in [0, 0.05) is 12.8 Å². The third-order valence-electron chi connectivity index (χ3n) is 4.70. The molecule has 0 aliphatic rings. The van der Waals surface area contributed by atoms with Gasteiger partial charge in [0.25, 0.3) is 0 Å². The Bertz CT molecular complexity index is 757. The lowest BCUT2D eigenvalue weighted by Gasteiger charge is -2.27. The van der Waals surface area contributed by atoms with Crippen LogP contribution in [0.1, 0.15) is 52.9 Å². The summed E-state index contributed by atoms with van der Waals surface area (Å²) in [5, 5.41) is 34.8. The minimum atomic E-state index is -1.57. The van der Waals surface area contributed by atoms with Gasteiger partial charge in [0.2, 0.25) is 23.6 Å². The molecule has 0 fully saturated rings. The van der Waals surface area contributed by atoms with Crippen LogP contribution in [-0.2, 0) is 28.8 Å². The van der Waals surface area contributed by atoms with Gasteiger partial charge in [0.15, 0.2) is 0 Å². The number of aliphatic carboxylic acids is 2. The van der Waals surface area contributed by atoms with Gasteiger partial charge in [-0.3, -0.25) is 24.0 Å². The zero-order valence-corrected chi connectivity index (χ0v) is 19.4. The highest BCUT2D eigenvalue weighted by Gasteiger charge is 2.33. The van der Waals surface area contributed by atoms with Crippen molar-refractivity contribution in [2.75, 3.05) is 0 Å². The largest absolute Gasteiger partial charge is 0.481 e. The maximum atomic E-state index is 12.8. The Morgan fingerprint density at radius 2 is 1.35 bits per heavy atom. The summed E-state index contributed by atoms with van der Waals surface area (Å²) in [6.07, 6.45) is -2.42. The van der Waals surface area contributed by atoms with Crippen molar-refractivity contribution < 1.29 is 44.1 Å². The summed E-state index contributed by atoms with van der Waals surface area (Å²) in [6.45, 7) is 4.74. The quantitative estimate of drug-likeness (QED) is 0.112. The summed E-state index contributed by atoms with van der Waals surface area (Å²) in [5.74, 6) is -6.06. The van der Waals surface area contributed by atoms with Crippen molar-refractivity contribution in [1.29, 1.82) is 0 Å². The standard InChI is InChI=1S/C20H35N5O9/c1-9(2)8-13(24-17(30)11(21)4-7-15(28)29)18(31)25-16(10(3)26)19(32)23-12(20(33)34)5-6-14(22)27/h9-13,16,26H,4-8,21H2,1-3H3,(H2,22,27)(H,23,32)(H,24,30)(H,25,31)(H,28,29)(H,33,34). The van der Waals surface area contributed by atoms with Crippen molar-refractivity contribution in [2.24, 2.45) is 17.4 Å². The van der Waals surface area contributed by atoms with E-state index < -0.39 is 65.8 Å². The minimum Gasteiger partial charge on any atom is -0.481 e. The van der Waals surface area contributed by atoms with Crippen molar-refractivity contribution in [3.63, 3.8) is 0 Å². The first-order valence-electron chi connectivity index (χ1n) is 10.7. The van der Waals surface area contributed by atoms with Gasteiger partial charge in [-0.05, 0) is 32.1 Å². The van der Waals surface area contributed by atoms with Crippen LogP contribution in [0.5, 0.6) is 0 Å². The third kappa shape index (κ3) is 12.1. The molecule has 4 amide bonds. The van der Waals surface area contributed by atoms with Crippen molar-refractivity contribution >= 4 is 35.6 Å². The van der Waals surface area contributed by atoms with Crippen LogP contribution in [0.2, 0.25) is 0 Å². The van der Waals surface area contributed by atoms with Gasteiger partial charge in [0.05, 0.1) is 12.1 Å². The van der Waals surface area contributed by atoms with Crippen molar-refractivity contribution in [1.82, 2.24) is 16.0 Å². The molecule has 0 spiro atoms.